The highest BCUT2D eigenvalue weighted by Crippen LogP contribution is 2.24. The predicted octanol–water partition coefficient (Wildman–Crippen LogP) is 4.15. The molecule has 3 rings (SSSR count). The molecular formula is C20H14BrF3N2O3. The number of benzene rings is 3. The lowest BCUT2D eigenvalue weighted by Crippen LogP contribution is -2.36. The number of halogens is 4. The summed E-state index contributed by atoms with van der Waals surface area (Å²) in [5.41, 5.74) is -0.526. The molecule has 3 aromatic rings. The van der Waals surface area contributed by atoms with Gasteiger partial charge >= 0.3 is 0 Å². The van der Waals surface area contributed by atoms with Gasteiger partial charge in [0, 0.05) is 4.47 Å². The highest BCUT2D eigenvalue weighted by Gasteiger charge is 2.15. The summed E-state index contributed by atoms with van der Waals surface area (Å²) in [7, 11) is 0. The van der Waals surface area contributed by atoms with Gasteiger partial charge in [0.25, 0.3) is 5.91 Å². The topological polar surface area (TPSA) is 67.4 Å². The van der Waals surface area contributed by atoms with Crippen LogP contribution in [0.3, 0.4) is 0 Å². The van der Waals surface area contributed by atoms with Gasteiger partial charge in [0.2, 0.25) is 5.91 Å². The van der Waals surface area contributed by atoms with Crippen molar-refractivity contribution in [1.29, 1.82) is 0 Å². The van der Waals surface area contributed by atoms with Crippen LogP contribution in [0.2, 0.25) is 0 Å². The molecule has 0 aliphatic rings. The zero-order valence-electron chi connectivity index (χ0n) is 14.8. The van der Waals surface area contributed by atoms with Crippen LogP contribution < -0.4 is 15.4 Å². The highest BCUT2D eigenvalue weighted by molar-refractivity contribution is 9.10. The molecule has 2 amide bonds. The molecule has 2 N–H and O–H groups in total. The van der Waals surface area contributed by atoms with Gasteiger partial charge in [0.05, 0.1) is 12.2 Å². The standard InChI is InChI=1S/C20H14BrF3N2O3/c21-13-3-1-12-8-14(4-2-11(12)7-13)29-10-18(28)25-9-17(27)26-16-6-5-15(22)19(23)20(16)24/h1-8H,9-10H2,(H,25,28)(H,26,27). The summed E-state index contributed by atoms with van der Waals surface area (Å²) in [6.45, 7) is -0.832. The van der Waals surface area contributed by atoms with Gasteiger partial charge < -0.3 is 15.4 Å². The Labute approximate surface area is 172 Å². The maximum Gasteiger partial charge on any atom is 0.258 e. The number of hydrogen-bond acceptors (Lipinski definition) is 3. The van der Waals surface area contributed by atoms with Crippen molar-refractivity contribution in [2.75, 3.05) is 18.5 Å². The minimum Gasteiger partial charge on any atom is -0.484 e. The Balaban J connectivity index is 1.49. The number of carbonyl (C=O) groups is 2. The Hall–Kier alpha value is -3.07. The largest absolute Gasteiger partial charge is 0.484 e. The molecule has 9 heteroatoms. The van der Waals surface area contributed by atoms with Crippen LogP contribution in [0.15, 0.2) is 53.0 Å². The van der Waals surface area contributed by atoms with E-state index in [4.69, 9.17) is 4.74 Å². The molecule has 29 heavy (non-hydrogen) atoms. The van der Waals surface area contributed by atoms with Crippen LogP contribution in [0.4, 0.5) is 18.9 Å². The van der Waals surface area contributed by atoms with E-state index in [1.165, 1.54) is 0 Å². The Morgan fingerprint density at radius 1 is 0.897 bits per heavy atom. The van der Waals surface area contributed by atoms with Gasteiger partial charge in [-0.15, -0.1) is 0 Å². The van der Waals surface area contributed by atoms with E-state index in [2.05, 4.69) is 26.6 Å². The molecule has 0 aliphatic heterocycles. The van der Waals surface area contributed by atoms with Gasteiger partial charge in [-0.25, -0.2) is 13.2 Å². The molecule has 0 aliphatic carbocycles. The first-order chi connectivity index (χ1) is 13.8. The third kappa shape index (κ3) is 5.26. The zero-order valence-corrected chi connectivity index (χ0v) is 16.4. The number of nitrogens with one attached hydrogen (secondary N) is 2. The molecular weight excluding hydrogens is 453 g/mol. The minimum atomic E-state index is -1.69. The van der Waals surface area contributed by atoms with Gasteiger partial charge in [0.1, 0.15) is 5.75 Å². The summed E-state index contributed by atoms with van der Waals surface area (Å²) in [5.74, 6) is -5.49. The van der Waals surface area contributed by atoms with E-state index in [0.717, 1.165) is 21.3 Å². The van der Waals surface area contributed by atoms with Crippen molar-refractivity contribution in [3.05, 3.63) is 70.5 Å². The van der Waals surface area contributed by atoms with Crippen LogP contribution in [0.5, 0.6) is 5.75 Å². The molecule has 150 valence electrons. The lowest BCUT2D eigenvalue weighted by atomic mass is 10.1. The SMILES string of the molecule is O=C(COc1ccc2cc(Br)ccc2c1)NCC(=O)Nc1ccc(F)c(F)c1F. The maximum atomic E-state index is 13.5. The third-order valence-corrected chi connectivity index (χ3v) is 4.39. The van der Waals surface area contributed by atoms with Crippen LogP contribution in [-0.2, 0) is 9.59 Å². The molecule has 0 radical (unpaired) electrons. The van der Waals surface area contributed by atoms with E-state index in [1.54, 1.807) is 12.1 Å². The van der Waals surface area contributed by atoms with Crippen LogP contribution in [0, 0.1) is 17.5 Å². The van der Waals surface area contributed by atoms with E-state index >= 15 is 0 Å². The monoisotopic (exact) mass is 466 g/mol. The summed E-state index contributed by atoms with van der Waals surface area (Å²) in [6, 6.07) is 12.6. The number of carbonyl (C=O) groups excluding carboxylic acids is 2. The van der Waals surface area contributed by atoms with Crippen molar-refractivity contribution in [3.63, 3.8) is 0 Å². The number of ether oxygens (including phenoxy) is 1. The van der Waals surface area contributed by atoms with E-state index < -0.39 is 41.5 Å². The van der Waals surface area contributed by atoms with Crippen molar-refractivity contribution in [3.8, 4) is 5.75 Å². The summed E-state index contributed by atoms with van der Waals surface area (Å²) < 4.78 is 45.9. The number of hydrogen-bond donors (Lipinski definition) is 2. The molecule has 0 saturated carbocycles. The van der Waals surface area contributed by atoms with Crippen LogP contribution in [0.1, 0.15) is 0 Å². The maximum absolute atomic E-state index is 13.5. The summed E-state index contributed by atoms with van der Waals surface area (Å²) in [6.07, 6.45) is 0. The fourth-order valence-electron chi connectivity index (χ4n) is 2.48. The van der Waals surface area contributed by atoms with Gasteiger partial charge in [-0.1, -0.05) is 28.1 Å². The Kier molecular flexibility index (Phi) is 6.38. The summed E-state index contributed by atoms with van der Waals surface area (Å²) >= 11 is 3.39. The number of amides is 2. The van der Waals surface area contributed by atoms with Crippen molar-refractivity contribution in [2.45, 2.75) is 0 Å². The fourth-order valence-corrected chi connectivity index (χ4v) is 2.86. The van der Waals surface area contributed by atoms with E-state index in [-0.39, 0.29) is 6.61 Å². The molecule has 3 aromatic carbocycles. The smallest absolute Gasteiger partial charge is 0.258 e. The number of fused-ring (bicyclic) bond motifs is 1. The zero-order chi connectivity index (χ0) is 21.0. The van der Waals surface area contributed by atoms with Crippen molar-refractivity contribution in [2.24, 2.45) is 0 Å². The lowest BCUT2D eigenvalue weighted by molar-refractivity contribution is -0.125. The lowest BCUT2D eigenvalue weighted by Gasteiger charge is -2.10. The molecule has 0 heterocycles. The first-order valence-corrected chi connectivity index (χ1v) is 9.15. The average molecular weight is 467 g/mol. The Morgan fingerprint density at radius 3 is 2.41 bits per heavy atom. The predicted molar refractivity (Wildman–Crippen MR) is 105 cm³/mol. The van der Waals surface area contributed by atoms with E-state index in [1.807, 2.05) is 24.3 Å². The van der Waals surface area contributed by atoms with Crippen molar-refractivity contribution >= 4 is 44.2 Å². The number of rotatable bonds is 6. The van der Waals surface area contributed by atoms with Crippen LogP contribution in [0.25, 0.3) is 10.8 Å². The third-order valence-electron chi connectivity index (χ3n) is 3.90. The van der Waals surface area contributed by atoms with Gasteiger partial charge in [-0.05, 0) is 47.2 Å². The van der Waals surface area contributed by atoms with Gasteiger partial charge in [-0.2, -0.15) is 0 Å². The van der Waals surface area contributed by atoms with E-state index in [0.29, 0.717) is 11.8 Å². The minimum absolute atomic E-state index is 0.338. The molecule has 0 atom stereocenters. The van der Waals surface area contributed by atoms with E-state index in [9.17, 15) is 22.8 Å². The number of anilines is 1. The van der Waals surface area contributed by atoms with Crippen molar-refractivity contribution < 1.29 is 27.5 Å². The fraction of sp³-hybridized carbons (Fsp3) is 0.100. The second kappa shape index (κ2) is 8.95. The quantitative estimate of drug-likeness (QED) is 0.536. The average Bonchev–Trinajstić information content (AvgIpc) is 2.71. The second-order valence-corrected chi connectivity index (χ2v) is 6.91. The van der Waals surface area contributed by atoms with Gasteiger partial charge in [-0.3, -0.25) is 9.59 Å². The summed E-state index contributed by atoms with van der Waals surface area (Å²) in [4.78, 5) is 23.6. The molecule has 0 bridgehead atoms. The molecule has 0 spiro atoms. The summed E-state index contributed by atoms with van der Waals surface area (Å²) in [5, 5.41) is 6.27. The van der Waals surface area contributed by atoms with Crippen molar-refractivity contribution in [1.82, 2.24) is 5.32 Å². The van der Waals surface area contributed by atoms with Crippen LogP contribution in [-0.4, -0.2) is 25.0 Å². The normalized spacial score (nSPS) is 10.6. The molecule has 0 aromatic heterocycles. The molecule has 0 fully saturated rings. The Morgan fingerprint density at radius 2 is 1.62 bits per heavy atom. The first-order valence-electron chi connectivity index (χ1n) is 8.35. The Bertz CT molecular complexity index is 1090. The first kappa shape index (κ1) is 20.7. The van der Waals surface area contributed by atoms with Crippen LogP contribution >= 0.6 is 15.9 Å². The molecule has 5 nitrogen and oxygen atoms in total. The molecule has 0 unspecified atom stereocenters. The highest BCUT2D eigenvalue weighted by atomic mass is 79.9. The van der Waals surface area contributed by atoms with Gasteiger partial charge in [0.15, 0.2) is 24.1 Å². The molecule has 0 saturated heterocycles. The second-order valence-electron chi connectivity index (χ2n) is 5.99.